The first kappa shape index (κ1) is 21.0. The topological polar surface area (TPSA) is 63.4 Å². The molecule has 0 aliphatic carbocycles. The molecule has 1 aromatic heterocycles. The van der Waals surface area contributed by atoms with E-state index in [2.05, 4.69) is 39.5 Å². The molecule has 2 heterocycles. The number of ether oxygens (including phenoxy) is 1. The molecule has 2 aromatic carbocycles. The first-order valence-electron chi connectivity index (χ1n) is 9.47. The summed E-state index contributed by atoms with van der Waals surface area (Å²) in [5.41, 5.74) is 2.20. The third-order valence-electron chi connectivity index (χ3n) is 4.81. The van der Waals surface area contributed by atoms with Gasteiger partial charge < -0.3 is 14.6 Å². The van der Waals surface area contributed by atoms with E-state index in [0.717, 1.165) is 42.3 Å². The molecule has 1 atom stereocenters. The first-order valence-corrected chi connectivity index (χ1v) is 9.47. The molecule has 1 saturated heterocycles. The lowest BCUT2D eigenvalue weighted by Crippen LogP contribution is -2.44. The van der Waals surface area contributed by atoms with Crippen molar-refractivity contribution >= 4 is 24.6 Å². The minimum Gasteiger partial charge on any atom is -0.489 e. The van der Waals surface area contributed by atoms with Crippen LogP contribution in [0.15, 0.2) is 59.1 Å². The van der Waals surface area contributed by atoms with E-state index in [1.807, 2.05) is 54.6 Å². The second-order valence-corrected chi connectivity index (χ2v) is 6.87. The summed E-state index contributed by atoms with van der Waals surface area (Å²) in [6.07, 6.45) is 3.80. The predicted molar refractivity (Wildman–Crippen MR) is 116 cm³/mol. The van der Waals surface area contributed by atoms with Gasteiger partial charge >= 0.3 is 0 Å². The molecule has 0 amide bonds. The van der Waals surface area contributed by atoms with Crippen molar-refractivity contribution in [1.82, 2.24) is 20.4 Å². The molecule has 1 unspecified atom stereocenters. The van der Waals surface area contributed by atoms with E-state index >= 15 is 0 Å². The lowest BCUT2D eigenvalue weighted by atomic mass is 10.2. The van der Waals surface area contributed by atoms with Gasteiger partial charge in [-0.15, -0.1) is 12.4 Å². The van der Waals surface area contributed by atoms with Crippen molar-refractivity contribution in [1.29, 1.82) is 0 Å². The van der Waals surface area contributed by atoms with Crippen LogP contribution in [0.25, 0.3) is 12.2 Å². The van der Waals surface area contributed by atoms with Crippen LogP contribution in [0.3, 0.4) is 0 Å². The highest BCUT2D eigenvalue weighted by molar-refractivity contribution is 5.85. The maximum Gasteiger partial charge on any atom is 0.250 e. The molecule has 0 bridgehead atoms. The third-order valence-corrected chi connectivity index (χ3v) is 4.81. The summed E-state index contributed by atoms with van der Waals surface area (Å²) in [5.74, 6) is 2.08. The van der Waals surface area contributed by atoms with Gasteiger partial charge in [0.2, 0.25) is 0 Å². The van der Waals surface area contributed by atoms with Gasteiger partial charge in [-0.3, -0.25) is 4.90 Å². The zero-order chi connectivity index (χ0) is 19.2. The van der Waals surface area contributed by atoms with Crippen LogP contribution in [0.2, 0.25) is 0 Å². The van der Waals surface area contributed by atoms with Crippen molar-refractivity contribution < 1.29 is 9.26 Å². The quantitative estimate of drug-likeness (QED) is 0.664. The fraction of sp³-hybridized carbons (Fsp3) is 0.273. The van der Waals surface area contributed by atoms with E-state index in [1.54, 1.807) is 0 Å². The van der Waals surface area contributed by atoms with Gasteiger partial charge in [0, 0.05) is 25.7 Å². The molecule has 1 N–H and O–H groups in total. The Kier molecular flexibility index (Phi) is 7.41. The summed E-state index contributed by atoms with van der Waals surface area (Å²) in [6, 6.07) is 18.2. The Labute approximate surface area is 177 Å². The highest BCUT2D eigenvalue weighted by Crippen LogP contribution is 2.19. The number of halogens is 1. The number of hydrogen-bond donors (Lipinski definition) is 1. The highest BCUT2D eigenvalue weighted by atomic mass is 35.5. The zero-order valence-electron chi connectivity index (χ0n) is 16.3. The normalized spacial score (nSPS) is 17.2. The monoisotopic (exact) mass is 412 g/mol. The number of rotatable bonds is 6. The van der Waals surface area contributed by atoms with E-state index in [-0.39, 0.29) is 18.4 Å². The second kappa shape index (κ2) is 10.2. The molecule has 29 heavy (non-hydrogen) atoms. The van der Waals surface area contributed by atoms with Crippen LogP contribution in [0.1, 0.15) is 28.9 Å². The van der Waals surface area contributed by atoms with Crippen LogP contribution in [0.4, 0.5) is 0 Å². The molecule has 3 aromatic rings. The average molecular weight is 413 g/mol. The Morgan fingerprint density at radius 1 is 1.14 bits per heavy atom. The van der Waals surface area contributed by atoms with Gasteiger partial charge in [-0.2, -0.15) is 4.98 Å². The Hall–Kier alpha value is -2.67. The molecule has 1 aliphatic rings. The van der Waals surface area contributed by atoms with Crippen LogP contribution in [-0.4, -0.2) is 41.7 Å². The van der Waals surface area contributed by atoms with E-state index in [9.17, 15) is 0 Å². The van der Waals surface area contributed by atoms with Crippen molar-refractivity contribution in [2.24, 2.45) is 0 Å². The van der Waals surface area contributed by atoms with Gasteiger partial charge in [0.1, 0.15) is 12.4 Å². The molecule has 152 valence electrons. The molecule has 4 rings (SSSR count). The molecular weight excluding hydrogens is 388 g/mol. The standard InChI is InChI=1S/C22H24N4O2.ClH/c1-26-14-13-23-15-20(26)22-24-21(28-25-22)12-9-17-7-10-19(11-8-17)27-16-18-5-3-2-4-6-18;/h2-12,20,23H,13-16H2,1H3;1H/b12-9+;. The fourth-order valence-corrected chi connectivity index (χ4v) is 3.13. The Bertz CT molecular complexity index is 912. The zero-order valence-corrected chi connectivity index (χ0v) is 17.1. The van der Waals surface area contributed by atoms with E-state index in [1.165, 1.54) is 0 Å². The van der Waals surface area contributed by atoms with Crippen molar-refractivity contribution in [3.05, 3.63) is 77.4 Å². The SMILES string of the molecule is CN1CCNCC1c1noc(/C=C/c2ccc(OCc3ccccc3)cc2)n1.Cl. The number of aromatic nitrogens is 2. The van der Waals surface area contributed by atoms with E-state index in [4.69, 9.17) is 9.26 Å². The van der Waals surface area contributed by atoms with Gasteiger partial charge in [-0.25, -0.2) is 0 Å². The predicted octanol–water partition coefficient (Wildman–Crippen LogP) is 3.82. The average Bonchev–Trinajstić information content (AvgIpc) is 3.21. The summed E-state index contributed by atoms with van der Waals surface area (Å²) < 4.78 is 11.2. The van der Waals surface area contributed by atoms with Crippen molar-refractivity contribution in [3.8, 4) is 5.75 Å². The van der Waals surface area contributed by atoms with Crippen LogP contribution < -0.4 is 10.1 Å². The van der Waals surface area contributed by atoms with Gasteiger partial charge in [-0.05, 0) is 36.4 Å². The lowest BCUT2D eigenvalue weighted by Gasteiger charge is -2.30. The van der Waals surface area contributed by atoms with Gasteiger partial charge in [-0.1, -0.05) is 47.6 Å². The molecular formula is C22H25ClN4O2. The third kappa shape index (κ3) is 5.67. The van der Waals surface area contributed by atoms with Crippen LogP contribution >= 0.6 is 12.4 Å². The number of benzene rings is 2. The van der Waals surface area contributed by atoms with E-state index in [0.29, 0.717) is 12.5 Å². The molecule has 0 radical (unpaired) electrons. The molecule has 0 spiro atoms. The minimum atomic E-state index is 0. The summed E-state index contributed by atoms with van der Waals surface area (Å²) in [7, 11) is 2.08. The largest absolute Gasteiger partial charge is 0.489 e. The van der Waals surface area contributed by atoms with Crippen LogP contribution in [-0.2, 0) is 6.61 Å². The number of hydrogen-bond acceptors (Lipinski definition) is 6. The smallest absolute Gasteiger partial charge is 0.250 e. The van der Waals surface area contributed by atoms with Crippen LogP contribution in [0, 0.1) is 0 Å². The Morgan fingerprint density at radius 3 is 2.69 bits per heavy atom. The Balaban J connectivity index is 0.00000240. The molecule has 0 saturated carbocycles. The van der Waals surface area contributed by atoms with E-state index < -0.39 is 0 Å². The number of likely N-dealkylation sites (N-methyl/N-ethyl adjacent to an activating group) is 1. The highest BCUT2D eigenvalue weighted by Gasteiger charge is 2.24. The number of piperazine rings is 1. The van der Waals surface area contributed by atoms with Crippen molar-refractivity contribution in [2.45, 2.75) is 12.6 Å². The Morgan fingerprint density at radius 2 is 1.93 bits per heavy atom. The fourth-order valence-electron chi connectivity index (χ4n) is 3.13. The van der Waals surface area contributed by atoms with Crippen LogP contribution in [0.5, 0.6) is 5.75 Å². The number of nitrogens with one attached hydrogen (secondary N) is 1. The van der Waals surface area contributed by atoms with Gasteiger partial charge in [0.05, 0.1) is 6.04 Å². The van der Waals surface area contributed by atoms with Crippen molar-refractivity contribution in [2.75, 3.05) is 26.7 Å². The molecule has 1 fully saturated rings. The minimum absolute atomic E-state index is 0. The summed E-state index contributed by atoms with van der Waals surface area (Å²) >= 11 is 0. The molecule has 6 nitrogen and oxygen atoms in total. The maximum atomic E-state index is 5.81. The van der Waals surface area contributed by atoms with Crippen molar-refractivity contribution in [3.63, 3.8) is 0 Å². The number of nitrogens with zero attached hydrogens (tertiary/aromatic N) is 3. The summed E-state index contributed by atoms with van der Waals surface area (Å²) in [5, 5.41) is 7.49. The van der Waals surface area contributed by atoms with Gasteiger partial charge in [0.15, 0.2) is 5.82 Å². The second-order valence-electron chi connectivity index (χ2n) is 6.87. The lowest BCUT2D eigenvalue weighted by molar-refractivity contribution is 0.190. The summed E-state index contributed by atoms with van der Waals surface area (Å²) in [4.78, 5) is 6.75. The summed E-state index contributed by atoms with van der Waals surface area (Å²) in [6.45, 7) is 3.36. The maximum absolute atomic E-state index is 5.81. The molecule has 7 heteroatoms. The molecule has 1 aliphatic heterocycles. The first-order chi connectivity index (χ1) is 13.8. The van der Waals surface area contributed by atoms with Gasteiger partial charge in [0.25, 0.3) is 5.89 Å².